The van der Waals surface area contributed by atoms with Gasteiger partial charge in [0.15, 0.2) is 11.5 Å². The third-order valence-corrected chi connectivity index (χ3v) is 3.66. The first-order valence-electron chi connectivity index (χ1n) is 7.08. The summed E-state index contributed by atoms with van der Waals surface area (Å²) in [6.07, 6.45) is 0.242. The number of aliphatic hydroxyl groups excluding tert-OH is 1. The van der Waals surface area contributed by atoms with E-state index in [1.54, 1.807) is 25.3 Å². The topological polar surface area (TPSA) is 68.2 Å². The Bertz CT molecular complexity index is 668. The van der Waals surface area contributed by atoms with Gasteiger partial charge >= 0.3 is 0 Å². The van der Waals surface area contributed by atoms with Crippen LogP contribution in [0.2, 0.25) is 0 Å². The number of benzene rings is 2. The molecule has 2 N–H and O–H groups in total. The Morgan fingerprint density at radius 3 is 2.68 bits per heavy atom. The number of rotatable bonds is 5. The van der Waals surface area contributed by atoms with E-state index in [1.807, 2.05) is 18.2 Å². The highest BCUT2D eigenvalue weighted by molar-refractivity contribution is 5.45. The zero-order valence-corrected chi connectivity index (χ0v) is 12.3. The van der Waals surface area contributed by atoms with Crippen molar-refractivity contribution in [2.24, 2.45) is 0 Å². The number of hydrogen-bond acceptors (Lipinski definition) is 5. The molecule has 5 heteroatoms. The van der Waals surface area contributed by atoms with Crippen LogP contribution in [0.3, 0.4) is 0 Å². The third kappa shape index (κ3) is 3.09. The molecule has 0 bridgehead atoms. The number of methoxy groups -OCH3 is 1. The Hall–Kier alpha value is -2.40. The molecule has 0 unspecified atom stereocenters. The molecule has 1 atom stereocenters. The highest BCUT2D eigenvalue weighted by atomic mass is 16.7. The summed E-state index contributed by atoms with van der Waals surface area (Å²) in [5, 5.41) is 20.2. The molecule has 2 aromatic rings. The first kappa shape index (κ1) is 14.5. The van der Waals surface area contributed by atoms with E-state index in [1.165, 1.54) is 0 Å². The number of fused-ring (bicyclic) bond motifs is 1. The average Bonchev–Trinajstić information content (AvgIpc) is 2.96. The number of aromatic hydroxyl groups is 1. The van der Waals surface area contributed by atoms with Gasteiger partial charge in [0.2, 0.25) is 6.79 Å². The molecule has 0 saturated heterocycles. The Morgan fingerprint density at radius 1 is 1.09 bits per heavy atom. The second kappa shape index (κ2) is 6.15. The van der Waals surface area contributed by atoms with E-state index < -0.39 is 6.10 Å². The first-order chi connectivity index (χ1) is 10.7. The van der Waals surface area contributed by atoms with E-state index in [4.69, 9.17) is 14.2 Å². The maximum atomic E-state index is 10.2. The summed E-state index contributed by atoms with van der Waals surface area (Å²) in [6, 6.07) is 10.7. The number of phenolic OH excluding ortho intramolecular Hbond substituents is 1. The zero-order valence-electron chi connectivity index (χ0n) is 12.3. The number of ether oxygens (including phenoxy) is 3. The van der Waals surface area contributed by atoms with Crippen LogP contribution in [0, 0.1) is 0 Å². The van der Waals surface area contributed by atoms with Crippen molar-refractivity contribution in [3.05, 3.63) is 47.5 Å². The van der Waals surface area contributed by atoms with Gasteiger partial charge < -0.3 is 24.4 Å². The van der Waals surface area contributed by atoms with E-state index in [0.29, 0.717) is 29.9 Å². The second-order valence-electron chi connectivity index (χ2n) is 5.24. The lowest BCUT2D eigenvalue weighted by atomic mass is 10.0. The molecule has 1 aliphatic rings. The highest BCUT2D eigenvalue weighted by Gasteiger charge is 2.16. The van der Waals surface area contributed by atoms with Crippen LogP contribution >= 0.6 is 0 Å². The molecule has 1 heterocycles. The van der Waals surface area contributed by atoms with Crippen molar-refractivity contribution in [2.45, 2.75) is 18.9 Å². The molecule has 5 nitrogen and oxygen atoms in total. The van der Waals surface area contributed by atoms with Crippen LogP contribution in [0.5, 0.6) is 23.0 Å². The third-order valence-electron chi connectivity index (χ3n) is 3.66. The lowest BCUT2D eigenvalue weighted by Crippen LogP contribution is -2.14. The van der Waals surface area contributed by atoms with Gasteiger partial charge in [-0.15, -0.1) is 0 Å². The smallest absolute Gasteiger partial charge is 0.231 e. The molecule has 0 spiro atoms. The summed E-state index contributed by atoms with van der Waals surface area (Å²) in [5.74, 6) is 2.15. The number of phenols is 1. The lowest BCUT2D eigenvalue weighted by Gasteiger charge is -2.13. The van der Waals surface area contributed by atoms with Gasteiger partial charge in [-0.3, -0.25) is 0 Å². The van der Waals surface area contributed by atoms with Gasteiger partial charge in [0.25, 0.3) is 0 Å². The SMILES string of the molecule is COc1ccc(C[C@H](O)Cc2ccc3c(c2)OCO3)c(O)c1. The average molecular weight is 302 g/mol. The van der Waals surface area contributed by atoms with E-state index >= 15 is 0 Å². The maximum Gasteiger partial charge on any atom is 0.231 e. The molecule has 0 aromatic heterocycles. The van der Waals surface area contributed by atoms with E-state index in [2.05, 4.69) is 0 Å². The molecule has 0 fully saturated rings. The summed E-state index contributed by atoms with van der Waals surface area (Å²) < 4.78 is 15.6. The van der Waals surface area contributed by atoms with Gasteiger partial charge in [0.05, 0.1) is 13.2 Å². The van der Waals surface area contributed by atoms with Gasteiger partial charge in [-0.2, -0.15) is 0 Å². The van der Waals surface area contributed by atoms with Crippen molar-refractivity contribution in [3.8, 4) is 23.0 Å². The molecule has 116 valence electrons. The summed E-state index contributed by atoms with van der Waals surface area (Å²) in [6.45, 7) is 0.237. The summed E-state index contributed by atoms with van der Waals surface area (Å²) in [7, 11) is 1.54. The van der Waals surface area contributed by atoms with Crippen LogP contribution in [-0.4, -0.2) is 30.2 Å². The van der Waals surface area contributed by atoms with Gasteiger partial charge in [-0.25, -0.2) is 0 Å². The van der Waals surface area contributed by atoms with Crippen molar-refractivity contribution in [1.29, 1.82) is 0 Å². The van der Waals surface area contributed by atoms with E-state index in [-0.39, 0.29) is 12.5 Å². The monoisotopic (exact) mass is 302 g/mol. The Balaban J connectivity index is 1.66. The van der Waals surface area contributed by atoms with Crippen molar-refractivity contribution < 1.29 is 24.4 Å². The van der Waals surface area contributed by atoms with Gasteiger partial charge in [0, 0.05) is 12.5 Å². The Kier molecular flexibility index (Phi) is 4.06. The van der Waals surface area contributed by atoms with Crippen LogP contribution < -0.4 is 14.2 Å². The minimum Gasteiger partial charge on any atom is -0.508 e. The van der Waals surface area contributed by atoms with Gasteiger partial charge in [-0.1, -0.05) is 12.1 Å². The van der Waals surface area contributed by atoms with Crippen molar-refractivity contribution in [2.75, 3.05) is 13.9 Å². The lowest BCUT2D eigenvalue weighted by molar-refractivity contribution is 0.172. The zero-order chi connectivity index (χ0) is 15.5. The van der Waals surface area contributed by atoms with Gasteiger partial charge in [-0.05, 0) is 35.7 Å². The van der Waals surface area contributed by atoms with Crippen LogP contribution in [0.1, 0.15) is 11.1 Å². The van der Waals surface area contributed by atoms with Crippen LogP contribution in [0.25, 0.3) is 0 Å². The van der Waals surface area contributed by atoms with E-state index in [0.717, 1.165) is 11.3 Å². The van der Waals surface area contributed by atoms with Crippen molar-refractivity contribution in [1.82, 2.24) is 0 Å². The summed E-state index contributed by atoms with van der Waals surface area (Å²) in [5.41, 5.74) is 1.65. The molecule has 3 rings (SSSR count). The molecule has 0 saturated carbocycles. The molecular weight excluding hydrogens is 284 g/mol. The maximum absolute atomic E-state index is 10.2. The summed E-state index contributed by atoms with van der Waals surface area (Å²) >= 11 is 0. The fourth-order valence-electron chi connectivity index (χ4n) is 2.51. The molecule has 22 heavy (non-hydrogen) atoms. The second-order valence-corrected chi connectivity index (χ2v) is 5.24. The van der Waals surface area contributed by atoms with Crippen LogP contribution in [-0.2, 0) is 12.8 Å². The van der Waals surface area contributed by atoms with Crippen LogP contribution in [0.4, 0.5) is 0 Å². The largest absolute Gasteiger partial charge is 0.508 e. The van der Waals surface area contributed by atoms with Crippen molar-refractivity contribution >= 4 is 0 Å². The number of aliphatic hydroxyl groups is 1. The summed E-state index contributed by atoms with van der Waals surface area (Å²) in [4.78, 5) is 0. The molecule has 1 aliphatic heterocycles. The van der Waals surface area contributed by atoms with Crippen molar-refractivity contribution in [3.63, 3.8) is 0 Å². The quantitative estimate of drug-likeness (QED) is 0.887. The standard InChI is InChI=1S/C17H18O5/c1-20-14-4-3-12(15(19)9-14)8-13(18)6-11-2-5-16-17(7-11)22-10-21-16/h2-5,7,9,13,18-19H,6,8,10H2,1H3/t13-/m1/s1. The van der Waals surface area contributed by atoms with E-state index in [9.17, 15) is 10.2 Å². The minimum atomic E-state index is -0.598. The fourth-order valence-corrected chi connectivity index (χ4v) is 2.51. The Morgan fingerprint density at radius 2 is 1.91 bits per heavy atom. The normalized spacial score (nSPS) is 13.9. The first-order valence-corrected chi connectivity index (χ1v) is 7.08. The molecular formula is C17H18O5. The predicted octanol–water partition coefficient (Wildman–Crippen LogP) is 2.28. The van der Waals surface area contributed by atoms with Gasteiger partial charge in [0.1, 0.15) is 11.5 Å². The Labute approximate surface area is 128 Å². The fraction of sp³-hybridized carbons (Fsp3) is 0.294. The molecule has 0 amide bonds. The minimum absolute atomic E-state index is 0.129. The molecule has 0 aliphatic carbocycles. The van der Waals surface area contributed by atoms with Crippen LogP contribution in [0.15, 0.2) is 36.4 Å². The predicted molar refractivity (Wildman–Crippen MR) is 80.6 cm³/mol. The molecule has 2 aromatic carbocycles. The highest BCUT2D eigenvalue weighted by Crippen LogP contribution is 2.33. The molecule has 0 radical (unpaired) electrons. The number of hydrogen-bond donors (Lipinski definition) is 2.